The van der Waals surface area contributed by atoms with E-state index in [4.69, 9.17) is 0 Å². The fraction of sp³-hybridized carbons (Fsp3) is 0.667. The van der Waals surface area contributed by atoms with E-state index >= 15 is 0 Å². The van der Waals surface area contributed by atoms with Crippen LogP contribution in [0.5, 0.6) is 0 Å². The second kappa shape index (κ2) is 6.28. The van der Waals surface area contributed by atoms with Gasteiger partial charge >= 0.3 is 0 Å². The number of nitrogens with one attached hydrogen (secondary N) is 1. The van der Waals surface area contributed by atoms with Crippen molar-refractivity contribution in [3.05, 3.63) is 34.9 Å². The first kappa shape index (κ1) is 15.5. The summed E-state index contributed by atoms with van der Waals surface area (Å²) < 4.78 is 0. The van der Waals surface area contributed by atoms with Crippen LogP contribution < -0.4 is 5.32 Å². The molecule has 1 aliphatic rings. The Bertz CT molecular complexity index is 417. The molecule has 0 spiro atoms. The van der Waals surface area contributed by atoms with Crippen molar-refractivity contribution in [2.75, 3.05) is 13.1 Å². The molecule has 2 rings (SSSR count). The molecule has 0 atom stereocenters. The lowest BCUT2D eigenvalue weighted by Gasteiger charge is -2.41. The summed E-state index contributed by atoms with van der Waals surface area (Å²) in [6, 6.07) is 7.51. The Labute approximate surface area is 124 Å². The summed E-state index contributed by atoms with van der Waals surface area (Å²) in [5, 5.41) is 3.74. The molecule has 2 nitrogen and oxygen atoms in total. The lowest BCUT2D eigenvalue weighted by Crippen LogP contribution is -2.49. The van der Waals surface area contributed by atoms with Crippen LogP contribution >= 0.6 is 0 Å². The Kier molecular flexibility index (Phi) is 4.87. The molecule has 1 saturated heterocycles. The van der Waals surface area contributed by atoms with Gasteiger partial charge in [0.15, 0.2) is 0 Å². The Hall–Kier alpha value is -0.860. The van der Waals surface area contributed by atoms with Crippen LogP contribution in [0.25, 0.3) is 0 Å². The molecule has 2 heteroatoms. The third-order valence-corrected chi connectivity index (χ3v) is 4.32. The van der Waals surface area contributed by atoms with Gasteiger partial charge in [-0.15, -0.1) is 0 Å². The van der Waals surface area contributed by atoms with Crippen molar-refractivity contribution < 1.29 is 0 Å². The van der Waals surface area contributed by atoms with Crippen molar-refractivity contribution in [1.29, 1.82) is 0 Å². The van der Waals surface area contributed by atoms with Gasteiger partial charge in [0.05, 0.1) is 0 Å². The van der Waals surface area contributed by atoms with E-state index in [-0.39, 0.29) is 0 Å². The Balaban J connectivity index is 1.81. The minimum atomic E-state index is 0.318. The molecule has 1 N–H and O–H groups in total. The largest absolute Gasteiger partial charge is 0.310 e. The third kappa shape index (κ3) is 4.32. The lowest BCUT2D eigenvalue weighted by atomic mass is 9.98. The molecule has 0 bridgehead atoms. The molecule has 1 fully saturated rings. The average molecular weight is 274 g/mol. The first-order valence-corrected chi connectivity index (χ1v) is 7.90. The van der Waals surface area contributed by atoms with Gasteiger partial charge in [-0.1, -0.05) is 29.3 Å². The molecule has 112 valence electrons. The van der Waals surface area contributed by atoms with E-state index in [1.807, 2.05) is 0 Å². The van der Waals surface area contributed by atoms with Crippen LogP contribution in [-0.4, -0.2) is 29.6 Å². The van der Waals surface area contributed by atoms with Gasteiger partial charge in [0.2, 0.25) is 0 Å². The monoisotopic (exact) mass is 274 g/mol. The molecule has 0 unspecified atom stereocenters. The quantitative estimate of drug-likeness (QED) is 0.905. The predicted octanol–water partition coefficient (Wildman–Crippen LogP) is 3.66. The summed E-state index contributed by atoms with van der Waals surface area (Å²) in [6.45, 7) is 14.7. The van der Waals surface area contributed by atoms with E-state index in [0.717, 1.165) is 6.54 Å². The van der Waals surface area contributed by atoms with Crippen molar-refractivity contribution >= 4 is 0 Å². The minimum absolute atomic E-state index is 0.318. The fourth-order valence-corrected chi connectivity index (χ4v) is 3.19. The van der Waals surface area contributed by atoms with Crippen LogP contribution in [0.15, 0.2) is 18.2 Å². The number of piperidine rings is 1. The van der Waals surface area contributed by atoms with Gasteiger partial charge in [-0.25, -0.2) is 0 Å². The van der Waals surface area contributed by atoms with Crippen molar-refractivity contribution in [1.82, 2.24) is 10.2 Å². The van der Waals surface area contributed by atoms with Gasteiger partial charge in [0.25, 0.3) is 0 Å². The van der Waals surface area contributed by atoms with Gasteiger partial charge in [-0.3, -0.25) is 4.90 Å². The number of aryl methyl sites for hydroxylation is 2. The topological polar surface area (TPSA) is 15.3 Å². The second-order valence-corrected chi connectivity index (χ2v) is 7.31. The molecule has 0 radical (unpaired) electrons. The second-order valence-electron chi connectivity index (χ2n) is 7.31. The van der Waals surface area contributed by atoms with Crippen LogP contribution in [0.3, 0.4) is 0 Å². The molecule has 20 heavy (non-hydrogen) atoms. The summed E-state index contributed by atoms with van der Waals surface area (Å²) in [6.07, 6.45) is 2.53. The maximum atomic E-state index is 3.74. The number of hydrogen-bond donors (Lipinski definition) is 1. The maximum absolute atomic E-state index is 3.74. The molecule has 0 amide bonds. The highest BCUT2D eigenvalue weighted by Crippen LogP contribution is 2.20. The molecule has 1 aliphatic heterocycles. The molecule has 0 aromatic heterocycles. The van der Waals surface area contributed by atoms with Gasteiger partial charge in [-0.05, 0) is 53.0 Å². The fourth-order valence-electron chi connectivity index (χ4n) is 3.19. The zero-order chi connectivity index (χ0) is 14.8. The number of nitrogens with zero attached hydrogens (tertiary/aromatic N) is 1. The van der Waals surface area contributed by atoms with Crippen LogP contribution in [0.1, 0.15) is 50.3 Å². The van der Waals surface area contributed by atoms with Gasteiger partial charge in [0, 0.05) is 31.2 Å². The zero-order valence-corrected chi connectivity index (χ0v) is 13.8. The van der Waals surface area contributed by atoms with Gasteiger partial charge in [-0.2, -0.15) is 0 Å². The number of likely N-dealkylation sites (tertiary alicyclic amines) is 1. The summed E-state index contributed by atoms with van der Waals surface area (Å²) in [5.41, 5.74) is 4.47. The van der Waals surface area contributed by atoms with Crippen molar-refractivity contribution in [3.8, 4) is 0 Å². The summed E-state index contributed by atoms with van der Waals surface area (Å²) in [5.74, 6) is 0. The maximum Gasteiger partial charge on any atom is 0.0208 e. The van der Waals surface area contributed by atoms with E-state index in [1.54, 1.807) is 0 Å². The van der Waals surface area contributed by atoms with E-state index in [1.165, 1.54) is 42.6 Å². The van der Waals surface area contributed by atoms with Crippen molar-refractivity contribution in [2.24, 2.45) is 0 Å². The molecule has 0 aliphatic carbocycles. The standard InChI is InChI=1S/C18H30N2/c1-14-10-15(2)12-16(11-14)13-19-17-6-8-20(9-7-17)18(3,4)5/h10-12,17,19H,6-9,13H2,1-5H3. The van der Waals surface area contributed by atoms with Crippen LogP contribution in [-0.2, 0) is 6.54 Å². The third-order valence-electron chi connectivity index (χ3n) is 4.32. The molecule has 0 saturated carbocycles. The van der Waals surface area contributed by atoms with E-state index in [0.29, 0.717) is 11.6 Å². The highest BCUT2D eigenvalue weighted by molar-refractivity contribution is 5.28. The predicted molar refractivity (Wildman–Crippen MR) is 87.1 cm³/mol. The molecule has 1 heterocycles. The van der Waals surface area contributed by atoms with E-state index < -0.39 is 0 Å². The number of benzene rings is 1. The number of hydrogen-bond acceptors (Lipinski definition) is 2. The van der Waals surface area contributed by atoms with E-state index in [9.17, 15) is 0 Å². The SMILES string of the molecule is Cc1cc(C)cc(CNC2CCN(C(C)(C)C)CC2)c1. The van der Waals surface area contributed by atoms with Crippen LogP contribution in [0.4, 0.5) is 0 Å². The van der Waals surface area contributed by atoms with Crippen LogP contribution in [0.2, 0.25) is 0 Å². The highest BCUT2D eigenvalue weighted by Gasteiger charge is 2.26. The lowest BCUT2D eigenvalue weighted by molar-refractivity contribution is 0.0960. The molecule has 1 aromatic rings. The number of rotatable bonds is 3. The van der Waals surface area contributed by atoms with Crippen molar-refractivity contribution in [3.63, 3.8) is 0 Å². The summed E-state index contributed by atoms with van der Waals surface area (Å²) in [4.78, 5) is 2.60. The van der Waals surface area contributed by atoms with E-state index in [2.05, 4.69) is 63.0 Å². The van der Waals surface area contributed by atoms with Crippen molar-refractivity contribution in [2.45, 2.75) is 65.6 Å². The summed E-state index contributed by atoms with van der Waals surface area (Å²) in [7, 11) is 0. The van der Waals surface area contributed by atoms with Crippen LogP contribution in [0, 0.1) is 13.8 Å². The summed E-state index contributed by atoms with van der Waals surface area (Å²) >= 11 is 0. The zero-order valence-electron chi connectivity index (χ0n) is 13.8. The molecular formula is C18H30N2. The van der Waals surface area contributed by atoms with Gasteiger partial charge < -0.3 is 5.32 Å². The minimum Gasteiger partial charge on any atom is -0.310 e. The average Bonchev–Trinajstić information content (AvgIpc) is 2.35. The Morgan fingerprint density at radius 2 is 1.60 bits per heavy atom. The smallest absolute Gasteiger partial charge is 0.0208 e. The van der Waals surface area contributed by atoms with Gasteiger partial charge in [0.1, 0.15) is 0 Å². The Morgan fingerprint density at radius 3 is 2.10 bits per heavy atom. The highest BCUT2D eigenvalue weighted by atomic mass is 15.2. The molecular weight excluding hydrogens is 244 g/mol. The first-order valence-electron chi connectivity index (χ1n) is 7.90. The normalized spacial score (nSPS) is 18.4. The Morgan fingerprint density at radius 1 is 1.05 bits per heavy atom. The molecule has 1 aromatic carbocycles. The first-order chi connectivity index (χ1) is 9.34.